The number of aryl methyl sites for hydroxylation is 2. The monoisotopic (exact) mass is 309 g/mol. The van der Waals surface area contributed by atoms with Crippen molar-refractivity contribution in [1.82, 2.24) is 0 Å². The lowest BCUT2D eigenvalue weighted by molar-refractivity contribution is -0.425. The summed E-state index contributed by atoms with van der Waals surface area (Å²) < 4.78 is 0. The Hall–Kier alpha value is -2.42. The number of hydrogen-bond acceptors (Lipinski definition) is 2. The summed E-state index contributed by atoms with van der Waals surface area (Å²) in [5.41, 5.74) is 5.53. The minimum absolute atomic E-state index is 0.219. The third kappa shape index (κ3) is 4.52. The molecule has 0 saturated heterocycles. The first kappa shape index (κ1) is 16.9. The fourth-order valence-electron chi connectivity index (χ4n) is 2.52. The molecule has 0 N–H and O–H groups in total. The van der Waals surface area contributed by atoms with Crippen LogP contribution >= 0.6 is 0 Å². The Bertz CT molecular complexity index is 728. The number of benzene rings is 2. The van der Waals surface area contributed by atoms with Crippen LogP contribution in [0.5, 0.6) is 0 Å². The summed E-state index contributed by atoms with van der Waals surface area (Å²) in [6.07, 6.45) is 2.01. The van der Waals surface area contributed by atoms with Crippen LogP contribution in [-0.4, -0.2) is 4.92 Å². The molecule has 0 aromatic heterocycles. The lowest BCUT2D eigenvalue weighted by Crippen LogP contribution is -2.04. The van der Waals surface area contributed by atoms with Gasteiger partial charge in [-0.25, -0.2) is 0 Å². The Morgan fingerprint density at radius 2 is 1.78 bits per heavy atom. The van der Waals surface area contributed by atoms with E-state index in [1.54, 1.807) is 6.08 Å². The summed E-state index contributed by atoms with van der Waals surface area (Å²) in [7, 11) is 0. The number of nitrogens with zero attached hydrogens (tertiary/aromatic N) is 1. The maximum absolute atomic E-state index is 11.4. The molecule has 0 aliphatic rings. The second-order valence-electron chi connectivity index (χ2n) is 6.32. The first-order valence-electron chi connectivity index (χ1n) is 7.88. The van der Waals surface area contributed by atoms with Crippen molar-refractivity contribution in [2.24, 2.45) is 0 Å². The highest BCUT2D eigenvalue weighted by atomic mass is 16.6. The largest absolute Gasteiger partial charge is 0.259 e. The normalized spacial score (nSPS) is 11.8. The van der Waals surface area contributed by atoms with Gasteiger partial charge in [0.15, 0.2) is 0 Å². The van der Waals surface area contributed by atoms with Crippen LogP contribution in [0.15, 0.2) is 48.2 Å². The second kappa shape index (κ2) is 7.23. The molecule has 0 atom stereocenters. The first-order chi connectivity index (χ1) is 10.9. The molecule has 120 valence electrons. The van der Waals surface area contributed by atoms with Gasteiger partial charge in [0.2, 0.25) is 0 Å². The van der Waals surface area contributed by atoms with E-state index in [1.807, 2.05) is 56.3 Å². The molecule has 3 nitrogen and oxygen atoms in total. The average molecular weight is 309 g/mol. The summed E-state index contributed by atoms with van der Waals surface area (Å²) in [5, 5.41) is 11.4. The molecule has 0 aliphatic carbocycles. The molecule has 2 aromatic carbocycles. The van der Waals surface area contributed by atoms with E-state index < -0.39 is 0 Å². The van der Waals surface area contributed by atoms with E-state index in [-0.39, 0.29) is 10.6 Å². The number of allylic oxidation sites excluding steroid dienone is 1. The smallest absolute Gasteiger partial charge is 0.251 e. The maximum atomic E-state index is 11.4. The summed E-state index contributed by atoms with van der Waals surface area (Å²) in [4.78, 5) is 11.1. The zero-order chi connectivity index (χ0) is 17.0. The SMILES string of the molecule is Cc1ccc(C)c(C/C(=C\c2ccc(C(C)C)cc2)[N+](=O)[O-])c1. The van der Waals surface area contributed by atoms with Crippen molar-refractivity contribution in [3.63, 3.8) is 0 Å². The van der Waals surface area contributed by atoms with Crippen molar-refractivity contribution in [3.05, 3.63) is 86.1 Å². The van der Waals surface area contributed by atoms with E-state index in [2.05, 4.69) is 13.8 Å². The molecule has 0 amide bonds. The van der Waals surface area contributed by atoms with Gasteiger partial charge in [0.1, 0.15) is 0 Å². The average Bonchev–Trinajstić information content (AvgIpc) is 2.50. The molecule has 0 heterocycles. The molecule has 23 heavy (non-hydrogen) atoms. The van der Waals surface area contributed by atoms with E-state index >= 15 is 0 Å². The lowest BCUT2D eigenvalue weighted by atomic mass is 9.99. The molecular formula is C20H23NO2. The van der Waals surface area contributed by atoms with Gasteiger partial charge in [-0.2, -0.15) is 0 Å². The summed E-state index contributed by atoms with van der Waals surface area (Å²) in [6, 6.07) is 14.0. The van der Waals surface area contributed by atoms with Crippen LogP contribution in [0, 0.1) is 24.0 Å². The quantitative estimate of drug-likeness (QED) is 0.556. The predicted molar refractivity (Wildman–Crippen MR) is 95.1 cm³/mol. The standard InChI is InChI=1S/C20H23NO2/c1-14(2)18-9-7-17(8-10-18)12-20(21(22)23)13-19-11-15(3)5-6-16(19)4/h5-12,14H,13H2,1-4H3/b20-12+. The third-order valence-electron chi connectivity index (χ3n) is 4.05. The molecule has 0 radical (unpaired) electrons. The van der Waals surface area contributed by atoms with Crippen LogP contribution in [0.3, 0.4) is 0 Å². The lowest BCUT2D eigenvalue weighted by Gasteiger charge is -2.07. The molecule has 2 rings (SSSR count). The third-order valence-corrected chi connectivity index (χ3v) is 4.05. The fraction of sp³-hybridized carbons (Fsp3) is 0.300. The molecule has 0 fully saturated rings. The van der Waals surface area contributed by atoms with Gasteiger partial charge in [-0.15, -0.1) is 0 Å². The van der Waals surface area contributed by atoms with Gasteiger partial charge in [-0.3, -0.25) is 10.1 Å². The Balaban J connectivity index is 2.30. The van der Waals surface area contributed by atoms with E-state index in [1.165, 1.54) is 5.56 Å². The van der Waals surface area contributed by atoms with E-state index in [4.69, 9.17) is 0 Å². The highest BCUT2D eigenvalue weighted by Crippen LogP contribution is 2.20. The van der Waals surface area contributed by atoms with Crippen LogP contribution in [0.4, 0.5) is 0 Å². The summed E-state index contributed by atoms with van der Waals surface area (Å²) in [6.45, 7) is 8.26. The zero-order valence-electron chi connectivity index (χ0n) is 14.2. The van der Waals surface area contributed by atoms with Crippen LogP contribution in [-0.2, 0) is 6.42 Å². The Morgan fingerprint density at radius 3 is 2.35 bits per heavy atom. The van der Waals surface area contributed by atoms with Crippen LogP contribution in [0.1, 0.15) is 47.6 Å². The fourth-order valence-corrected chi connectivity index (χ4v) is 2.52. The molecule has 0 saturated carbocycles. The van der Waals surface area contributed by atoms with Gasteiger partial charge in [-0.1, -0.05) is 61.9 Å². The van der Waals surface area contributed by atoms with Crippen LogP contribution < -0.4 is 0 Å². The van der Waals surface area contributed by atoms with Crippen molar-refractivity contribution < 1.29 is 4.92 Å². The van der Waals surface area contributed by atoms with Crippen LogP contribution in [0.2, 0.25) is 0 Å². The molecule has 3 heteroatoms. The van der Waals surface area contributed by atoms with Crippen molar-refractivity contribution in [2.45, 2.75) is 40.0 Å². The first-order valence-corrected chi connectivity index (χ1v) is 7.88. The Morgan fingerprint density at radius 1 is 1.13 bits per heavy atom. The van der Waals surface area contributed by atoms with Gasteiger partial charge < -0.3 is 0 Å². The summed E-state index contributed by atoms with van der Waals surface area (Å²) >= 11 is 0. The van der Waals surface area contributed by atoms with Gasteiger partial charge >= 0.3 is 0 Å². The van der Waals surface area contributed by atoms with Gasteiger partial charge in [0.25, 0.3) is 5.70 Å². The zero-order valence-corrected chi connectivity index (χ0v) is 14.2. The van der Waals surface area contributed by atoms with E-state index in [0.29, 0.717) is 12.3 Å². The molecule has 0 aliphatic heterocycles. The van der Waals surface area contributed by atoms with Gasteiger partial charge in [0, 0.05) is 6.08 Å². The van der Waals surface area contributed by atoms with Crippen molar-refractivity contribution >= 4 is 6.08 Å². The predicted octanol–water partition coefficient (Wildman–Crippen LogP) is 5.29. The highest BCUT2D eigenvalue weighted by Gasteiger charge is 2.14. The number of nitro groups is 1. The second-order valence-corrected chi connectivity index (χ2v) is 6.32. The minimum Gasteiger partial charge on any atom is -0.259 e. The topological polar surface area (TPSA) is 43.1 Å². The number of rotatable bonds is 5. The molecule has 0 bridgehead atoms. The van der Waals surface area contributed by atoms with Crippen molar-refractivity contribution in [1.29, 1.82) is 0 Å². The Kier molecular flexibility index (Phi) is 5.32. The Labute approximate surface area is 137 Å². The number of hydrogen-bond donors (Lipinski definition) is 0. The molecule has 0 spiro atoms. The van der Waals surface area contributed by atoms with Crippen molar-refractivity contribution in [3.8, 4) is 0 Å². The molecule has 2 aromatic rings. The molecular weight excluding hydrogens is 286 g/mol. The summed E-state index contributed by atoms with van der Waals surface area (Å²) in [5.74, 6) is 0.456. The van der Waals surface area contributed by atoms with E-state index in [9.17, 15) is 10.1 Å². The molecule has 0 unspecified atom stereocenters. The van der Waals surface area contributed by atoms with E-state index in [0.717, 1.165) is 22.3 Å². The van der Waals surface area contributed by atoms with Gasteiger partial charge in [-0.05, 0) is 42.0 Å². The highest BCUT2D eigenvalue weighted by molar-refractivity contribution is 5.53. The van der Waals surface area contributed by atoms with Crippen molar-refractivity contribution in [2.75, 3.05) is 0 Å². The maximum Gasteiger partial charge on any atom is 0.251 e. The van der Waals surface area contributed by atoms with Crippen LogP contribution in [0.25, 0.3) is 6.08 Å². The minimum atomic E-state index is -0.280. The van der Waals surface area contributed by atoms with Gasteiger partial charge in [0.05, 0.1) is 11.3 Å².